The zero-order valence-corrected chi connectivity index (χ0v) is 12.3. The van der Waals surface area contributed by atoms with E-state index in [0.29, 0.717) is 6.04 Å². The maximum Gasteiger partial charge on any atom is 0.0208 e. The van der Waals surface area contributed by atoms with Crippen molar-refractivity contribution in [3.05, 3.63) is 34.3 Å². The minimum Gasteiger partial charge on any atom is -0.310 e. The number of benzene rings is 1. The van der Waals surface area contributed by atoms with Crippen LogP contribution in [0.5, 0.6) is 0 Å². The Kier molecular flexibility index (Phi) is 4.63. The van der Waals surface area contributed by atoms with Gasteiger partial charge in [-0.1, -0.05) is 54.8 Å². The van der Waals surface area contributed by atoms with Gasteiger partial charge >= 0.3 is 0 Å². The van der Waals surface area contributed by atoms with E-state index in [1.54, 1.807) is 0 Å². The fourth-order valence-electron chi connectivity index (χ4n) is 2.77. The van der Waals surface area contributed by atoms with Crippen molar-refractivity contribution < 1.29 is 0 Å². The van der Waals surface area contributed by atoms with E-state index >= 15 is 0 Å². The van der Waals surface area contributed by atoms with Crippen molar-refractivity contribution in [3.8, 4) is 0 Å². The standard InChI is InChI=1S/C15H22BrN/c1-11-5-3-8-15(12(11)2)17-10-13-6-4-7-14(16)9-13/h4,6-7,9,11-12,15,17H,3,5,8,10H2,1-2H3. The fourth-order valence-corrected chi connectivity index (χ4v) is 3.21. The second kappa shape index (κ2) is 6.01. The summed E-state index contributed by atoms with van der Waals surface area (Å²) in [7, 11) is 0. The van der Waals surface area contributed by atoms with Gasteiger partial charge in [0.1, 0.15) is 0 Å². The highest BCUT2D eigenvalue weighted by Crippen LogP contribution is 2.29. The molecule has 2 heteroatoms. The summed E-state index contributed by atoms with van der Waals surface area (Å²) in [5.74, 6) is 1.67. The van der Waals surface area contributed by atoms with Crippen molar-refractivity contribution in [2.45, 2.75) is 45.7 Å². The van der Waals surface area contributed by atoms with Crippen LogP contribution in [-0.4, -0.2) is 6.04 Å². The number of halogens is 1. The van der Waals surface area contributed by atoms with Crippen molar-refractivity contribution in [1.82, 2.24) is 5.32 Å². The molecule has 1 aliphatic carbocycles. The molecule has 1 aromatic rings. The van der Waals surface area contributed by atoms with Crippen molar-refractivity contribution in [2.24, 2.45) is 11.8 Å². The Morgan fingerprint density at radius 3 is 2.88 bits per heavy atom. The predicted octanol–water partition coefficient (Wildman–Crippen LogP) is 4.36. The molecule has 1 nitrogen and oxygen atoms in total. The van der Waals surface area contributed by atoms with E-state index < -0.39 is 0 Å². The smallest absolute Gasteiger partial charge is 0.0208 e. The Morgan fingerprint density at radius 2 is 2.12 bits per heavy atom. The van der Waals surface area contributed by atoms with Gasteiger partial charge in [-0.3, -0.25) is 0 Å². The van der Waals surface area contributed by atoms with Crippen LogP contribution in [0.4, 0.5) is 0 Å². The second-order valence-electron chi connectivity index (χ2n) is 5.38. The van der Waals surface area contributed by atoms with Gasteiger partial charge in [-0.05, 0) is 36.0 Å². The molecule has 1 saturated carbocycles. The summed E-state index contributed by atoms with van der Waals surface area (Å²) >= 11 is 3.52. The minimum absolute atomic E-state index is 0.692. The first-order chi connectivity index (χ1) is 8.16. The molecule has 1 aromatic carbocycles. The zero-order valence-electron chi connectivity index (χ0n) is 10.7. The molecule has 3 unspecified atom stereocenters. The van der Waals surface area contributed by atoms with Gasteiger partial charge in [-0.25, -0.2) is 0 Å². The van der Waals surface area contributed by atoms with Crippen LogP contribution in [0.25, 0.3) is 0 Å². The zero-order chi connectivity index (χ0) is 12.3. The van der Waals surface area contributed by atoms with E-state index in [1.165, 1.54) is 29.3 Å². The fraction of sp³-hybridized carbons (Fsp3) is 0.600. The summed E-state index contributed by atoms with van der Waals surface area (Å²) in [5.41, 5.74) is 1.37. The largest absolute Gasteiger partial charge is 0.310 e. The molecule has 3 atom stereocenters. The highest BCUT2D eigenvalue weighted by Gasteiger charge is 2.26. The molecule has 1 fully saturated rings. The van der Waals surface area contributed by atoms with E-state index in [4.69, 9.17) is 0 Å². The van der Waals surface area contributed by atoms with Crippen LogP contribution >= 0.6 is 15.9 Å². The number of hydrogen-bond acceptors (Lipinski definition) is 1. The van der Waals surface area contributed by atoms with E-state index in [-0.39, 0.29) is 0 Å². The summed E-state index contributed by atoms with van der Waals surface area (Å²) in [6, 6.07) is 9.26. The molecule has 0 aliphatic heterocycles. The second-order valence-corrected chi connectivity index (χ2v) is 6.30. The molecule has 0 amide bonds. The lowest BCUT2D eigenvalue weighted by Crippen LogP contribution is -2.40. The summed E-state index contributed by atoms with van der Waals surface area (Å²) in [5, 5.41) is 3.72. The highest BCUT2D eigenvalue weighted by molar-refractivity contribution is 9.10. The average molecular weight is 296 g/mol. The Labute approximate surface area is 113 Å². The normalized spacial score (nSPS) is 29.2. The van der Waals surface area contributed by atoms with Crippen molar-refractivity contribution in [3.63, 3.8) is 0 Å². The highest BCUT2D eigenvalue weighted by atomic mass is 79.9. The molecule has 0 aromatic heterocycles. The van der Waals surface area contributed by atoms with Gasteiger partial charge in [-0.15, -0.1) is 0 Å². The first-order valence-electron chi connectivity index (χ1n) is 6.64. The van der Waals surface area contributed by atoms with E-state index in [0.717, 1.165) is 18.4 Å². The van der Waals surface area contributed by atoms with Crippen LogP contribution in [0.1, 0.15) is 38.7 Å². The molecule has 0 heterocycles. The Morgan fingerprint density at radius 1 is 1.29 bits per heavy atom. The van der Waals surface area contributed by atoms with Gasteiger partial charge in [0.25, 0.3) is 0 Å². The molecule has 94 valence electrons. The van der Waals surface area contributed by atoms with E-state index in [9.17, 15) is 0 Å². The molecular weight excluding hydrogens is 274 g/mol. The van der Waals surface area contributed by atoms with Gasteiger partial charge in [0.05, 0.1) is 0 Å². The average Bonchev–Trinajstić information content (AvgIpc) is 2.31. The first-order valence-corrected chi connectivity index (χ1v) is 7.44. The van der Waals surface area contributed by atoms with E-state index in [2.05, 4.69) is 59.4 Å². The van der Waals surface area contributed by atoms with Crippen LogP contribution in [0.3, 0.4) is 0 Å². The van der Waals surface area contributed by atoms with Gasteiger partial charge < -0.3 is 5.32 Å². The maximum atomic E-state index is 3.72. The monoisotopic (exact) mass is 295 g/mol. The van der Waals surface area contributed by atoms with Crippen LogP contribution in [-0.2, 0) is 6.54 Å². The first kappa shape index (κ1) is 13.1. The number of rotatable bonds is 3. The van der Waals surface area contributed by atoms with Crippen LogP contribution in [0.2, 0.25) is 0 Å². The molecule has 0 saturated heterocycles. The van der Waals surface area contributed by atoms with Crippen LogP contribution in [0.15, 0.2) is 28.7 Å². The summed E-state index contributed by atoms with van der Waals surface area (Å²) in [4.78, 5) is 0. The van der Waals surface area contributed by atoms with Gasteiger partial charge in [0, 0.05) is 17.1 Å². The predicted molar refractivity (Wildman–Crippen MR) is 76.9 cm³/mol. The van der Waals surface area contributed by atoms with Crippen LogP contribution < -0.4 is 5.32 Å². The summed E-state index contributed by atoms with van der Waals surface area (Å²) in [6.45, 7) is 5.77. The number of hydrogen-bond donors (Lipinski definition) is 1. The third kappa shape index (κ3) is 3.56. The summed E-state index contributed by atoms with van der Waals surface area (Å²) in [6.07, 6.45) is 4.11. The third-order valence-electron chi connectivity index (χ3n) is 4.16. The molecule has 17 heavy (non-hydrogen) atoms. The van der Waals surface area contributed by atoms with Gasteiger partial charge in [-0.2, -0.15) is 0 Å². The molecule has 1 aliphatic rings. The molecular formula is C15H22BrN. The third-order valence-corrected chi connectivity index (χ3v) is 4.66. The molecule has 0 spiro atoms. The maximum absolute atomic E-state index is 3.72. The molecule has 0 radical (unpaired) electrons. The quantitative estimate of drug-likeness (QED) is 0.873. The Balaban J connectivity index is 1.89. The van der Waals surface area contributed by atoms with E-state index in [1.807, 2.05) is 0 Å². The molecule has 1 N–H and O–H groups in total. The topological polar surface area (TPSA) is 12.0 Å². The van der Waals surface area contributed by atoms with Crippen molar-refractivity contribution in [1.29, 1.82) is 0 Å². The van der Waals surface area contributed by atoms with Gasteiger partial charge in [0.2, 0.25) is 0 Å². The lowest BCUT2D eigenvalue weighted by Gasteiger charge is -2.34. The van der Waals surface area contributed by atoms with Crippen LogP contribution in [0, 0.1) is 11.8 Å². The molecule has 2 rings (SSSR count). The van der Waals surface area contributed by atoms with Crippen molar-refractivity contribution in [2.75, 3.05) is 0 Å². The number of nitrogens with one attached hydrogen (secondary N) is 1. The van der Waals surface area contributed by atoms with Crippen molar-refractivity contribution >= 4 is 15.9 Å². The lowest BCUT2D eigenvalue weighted by atomic mass is 9.78. The SMILES string of the molecule is CC1CCCC(NCc2cccc(Br)c2)C1C. The molecule has 0 bridgehead atoms. The summed E-state index contributed by atoms with van der Waals surface area (Å²) < 4.78 is 1.17. The Hall–Kier alpha value is -0.340. The van der Waals surface area contributed by atoms with Gasteiger partial charge in [0.15, 0.2) is 0 Å². The minimum atomic E-state index is 0.692. The Bertz CT molecular complexity index is 364. The lowest BCUT2D eigenvalue weighted by molar-refractivity contribution is 0.206.